The second kappa shape index (κ2) is 7.86. The van der Waals surface area contributed by atoms with Gasteiger partial charge in [0.1, 0.15) is 5.70 Å². The highest BCUT2D eigenvalue weighted by Crippen LogP contribution is 2.38. The number of rotatable bonds is 5. The van der Waals surface area contributed by atoms with E-state index < -0.39 is 0 Å². The van der Waals surface area contributed by atoms with E-state index in [2.05, 4.69) is 30.0 Å². The van der Waals surface area contributed by atoms with Gasteiger partial charge in [-0.05, 0) is 55.9 Å². The van der Waals surface area contributed by atoms with Crippen LogP contribution in [-0.2, 0) is 16.0 Å². The average molecular weight is 389 g/mol. The van der Waals surface area contributed by atoms with Crippen molar-refractivity contribution in [3.05, 3.63) is 70.4 Å². The van der Waals surface area contributed by atoms with Crippen molar-refractivity contribution in [2.24, 2.45) is 0 Å². The third kappa shape index (κ3) is 3.37. The number of aryl methyl sites for hydroxylation is 3. The van der Waals surface area contributed by atoms with Crippen LogP contribution in [0.2, 0.25) is 0 Å². The topological polar surface area (TPSA) is 40.6 Å². The maximum absolute atomic E-state index is 13.5. The van der Waals surface area contributed by atoms with E-state index >= 15 is 0 Å². The Hall–Kier alpha value is -2.88. The average Bonchev–Trinajstić information content (AvgIpc) is 2.96. The molecule has 0 aromatic heterocycles. The van der Waals surface area contributed by atoms with Crippen molar-refractivity contribution < 1.29 is 9.59 Å². The molecule has 4 nitrogen and oxygen atoms in total. The molecule has 0 N–H and O–H groups in total. The van der Waals surface area contributed by atoms with Crippen LogP contribution >= 0.6 is 0 Å². The lowest BCUT2D eigenvalue weighted by molar-refractivity contribution is -0.136. The van der Waals surface area contributed by atoms with E-state index in [0.717, 1.165) is 54.6 Å². The number of para-hydroxylation sites is 1. The third-order valence-electron chi connectivity index (χ3n) is 5.91. The van der Waals surface area contributed by atoms with Crippen LogP contribution in [0.4, 0.5) is 5.69 Å². The fourth-order valence-electron chi connectivity index (χ4n) is 4.44. The van der Waals surface area contributed by atoms with Crippen molar-refractivity contribution in [3.63, 3.8) is 0 Å². The molecule has 0 bridgehead atoms. The maximum atomic E-state index is 13.5. The Balaban J connectivity index is 1.89. The smallest absolute Gasteiger partial charge is 0.278 e. The summed E-state index contributed by atoms with van der Waals surface area (Å²) in [7, 11) is 0. The van der Waals surface area contributed by atoms with Crippen molar-refractivity contribution in [2.45, 2.75) is 46.5 Å². The largest absolute Gasteiger partial charge is 0.336 e. The van der Waals surface area contributed by atoms with Crippen LogP contribution in [0.5, 0.6) is 0 Å². The number of amides is 2. The molecular formula is C25H28N2O2. The van der Waals surface area contributed by atoms with Gasteiger partial charge in [0.05, 0.1) is 5.57 Å². The summed E-state index contributed by atoms with van der Waals surface area (Å²) in [6.07, 6.45) is 3.73. The molecule has 4 rings (SSSR count). The number of anilines is 1. The molecule has 2 aliphatic heterocycles. The number of fused-ring (bicyclic) bond motifs is 1. The number of carbonyl (C=O) groups excluding carboxylic acids is 2. The number of nitrogens with zero attached hydrogens (tertiary/aromatic N) is 2. The lowest BCUT2D eigenvalue weighted by Gasteiger charge is -2.32. The first-order valence-corrected chi connectivity index (χ1v) is 10.6. The van der Waals surface area contributed by atoms with Gasteiger partial charge in [0, 0.05) is 18.8 Å². The molecule has 2 amide bonds. The van der Waals surface area contributed by atoms with Gasteiger partial charge in [0.15, 0.2) is 0 Å². The molecular weight excluding hydrogens is 360 g/mol. The number of imide groups is 1. The van der Waals surface area contributed by atoms with Crippen LogP contribution in [-0.4, -0.2) is 29.8 Å². The normalized spacial score (nSPS) is 16.7. The molecule has 0 spiro atoms. The van der Waals surface area contributed by atoms with Crippen LogP contribution < -0.4 is 4.90 Å². The minimum Gasteiger partial charge on any atom is -0.336 e. The lowest BCUT2D eigenvalue weighted by atomic mass is 9.95. The Kier molecular flexibility index (Phi) is 5.27. The fourth-order valence-corrected chi connectivity index (χ4v) is 4.44. The standard InChI is InChI=1S/C25H28N2O2/c1-4-5-14-27-24(28)22(20-13-12-17(2)16-18(20)3)23(25(27)29)26-15-8-10-19-9-6-7-11-21(19)26/h6-7,9,11-13,16H,4-5,8,10,14-15H2,1-3H3. The van der Waals surface area contributed by atoms with Crippen molar-refractivity contribution >= 4 is 23.1 Å². The zero-order chi connectivity index (χ0) is 20.5. The van der Waals surface area contributed by atoms with Crippen molar-refractivity contribution in [1.29, 1.82) is 0 Å². The summed E-state index contributed by atoms with van der Waals surface area (Å²) in [5.41, 5.74) is 6.43. The summed E-state index contributed by atoms with van der Waals surface area (Å²) in [4.78, 5) is 30.5. The monoisotopic (exact) mass is 388 g/mol. The molecule has 0 fully saturated rings. The summed E-state index contributed by atoms with van der Waals surface area (Å²) >= 11 is 0. The van der Waals surface area contributed by atoms with E-state index in [1.807, 2.05) is 38.1 Å². The fraction of sp³-hybridized carbons (Fsp3) is 0.360. The van der Waals surface area contributed by atoms with Crippen LogP contribution in [0.3, 0.4) is 0 Å². The first-order chi connectivity index (χ1) is 14.0. The summed E-state index contributed by atoms with van der Waals surface area (Å²) in [6.45, 7) is 7.36. The molecule has 29 heavy (non-hydrogen) atoms. The van der Waals surface area contributed by atoms with Gasteiger partial charge in [-0.15, -0.1) is 0 Å². The van der Waals surface area contributed by atoms with Gasteiger partial charge in [-0.2, -0.15) is 0 Å². The van der Waals surface area contributed by atoms with Crippen LogP contribution in [0.25, 0.3) is 5.57 Å². The molecule has 2 aromatic rings. The van der Waals surface area contributed by atoms with E-state index in [1.54, 1.807) is 0 Å². The Morgan fingerprint density at radius 1 is 1.00 bits per heavy atom. The molecule has 0 saturated heterocycles. The molecule has 0 saturated carbocycles. The van der Waals surface area contributed by atoms with Crippen molar-refractivity contribution in [3.8, 4) is 0 Å². The first-order valence-electron chi connectivity index (χ1n) is 10.6. The summed E-state index contributed by atoms with van der Waals surface area (Å²) < 4.78 is 0. The zero-order valence-electron chi connectivity index (χ0n) is 17.5. The second-order valence-electron chi connectivity index (χ2n) is 8.04. The van der Waals surface area contributed by atoms with Crippen molar-refractivity contribution in [1.82, 2.24) is 4.90 Å². The Bertz CT molecular complexity index is 1010. The van der Waals surface area contributed by atoms with Gasteiger partial charge in [-0.25, -0.2) is 0 Å². The van der Waals surface area contributed by atoms with Crippen molar-refractivity contribution in [2.75, 3.05) is 18.0 Å². The summed E-state index contributed by atoms with van der Waals surface area (Å²) in [5, 5.41) is 0. The molecule has 4 heteroatoms. The SMILES string of the molecule is CCCCN1C(=O)C(c2ccc(C)cc2C)=C(N2CCCc3ccccc32)C1=O. The van der Waals surface area contributed by atoms with Crippen LogP contribution in [0.1, 0.15) is 48.4 Å². The van der Waals surface area contributed by atoms with E-state index in [-0.39, 0.29) is 11.8 Å². The van der Waals surface area contributed by atoms with Gasteiger partial charge in [0.2, 0.25) is 0 Å². The van der Waals surface area contributed by atoms with Crippen LogP contribution in [0, 0.1) is 13.8 Å². The molecule has 0 atom stereocenters. The van der Waals surface area contributed by atoms with E-state index in [4.69, 9.17) is 0 Å². The van der Waals surface area contributed by atoms with Gasteiger partial charge in [0.25, 0.3) is 11.8 Å². The Morgan fingerprint density at radius 2 is 1.79 bits per heavy atom. The third-order valence-corrected chi connectivity index (χ3v) is 5.91. The highest BCUT2D eigenvalue weighted by molar-refractivity contribution is 6.37. The molecule has 2 aromatic carbocycles. The summed E-state index contributed by atoms with van der Waals surface area (Å²) in [5.74, 6) is -0.316. The quantitative estimate of drug-likeness (QED) is 0.701. The van der Waals surface area contributed by atoms with Gasteiger partial charge in [-0.1, -0.05) is 55.3 Å². The number of carbonyl (C=O) groups is 2. The minimum absolute atomic E-state index is 0.157. The molecule has 0 radical (unpaired) electrons. The number of unbranched alkanes of at least 4 members (excludes halogenated alkanes) is 1. The molecule has 150 valence electrons. The highest BCUT2D eigenvalue weighted by Gasteiger charge is 2.42. The molecule has 2 heterocycles. The highest BCUT2D eigenvalue weighted by atomic mass is 16.2. The predicted octanol–water partition coefficient (Wildman–Crippen LogP) is 4.64. The van der Waals surface area contributed by atoms with Crippen LogP contribution in [0.15, 0.2) is 48.2 Å². The maximum Gasteiger partial charge on any atom is 0.278 e. The summed E-state index contributed by atoms with van der Waals surface area (Å²) in [6, 6.07) is 14.3. The minimum atomic E-state index is -0.159. The van der Waals surface area contributed by atoms with E-state index in [9.17, 15) is 9.59 Å². The lowest BCUT2D eigenvalue weighted by Crippen LogP contribution is -2.37. The Labute approximate surface area is 172 Å². The predicted molar refractivity (Wildman–Crippen MR) is 117 cm³/mol. The second-order valence-corrected chi connectivity index (χ2v) is 8.04. The van der Waals surface area contributed by atoms with Gasteiger partial charge in [-0.3, -0.25) is 14.5 Å². The number of hydrogen-bond acceptors (Lipinski definition) is 3. The molecule has 0 unspecified atom stereocenters. The Morgan fingerprint density at radius 3 is 2.55 bits per heavy atom. The van der Waals surface area contributed by atoms with Gasteiger partial charge < -0.3 is 4.90 Å². The molecule has 0 aliphatic carbocycles. The molecule has 2 aliphatic rings. The number of hydrogen-bond donors (Lipinski definition) is 0. The van der Waals surface area contributed by atoms with E-state index in [1.165, 1.54) is 10.5 Å². The van der Waals surface area contributed by atoms with E-state index in [0.29, 0.717) is 17.8 Å². The zero-order valence-corrected chi connectivity index (χ0v) is 17.5. The first kappa shape index (κ1) is 19.4. The number of benzene rings is 2. The van der Waals surface area contributed by atoms with Gasteiger partial charge >= 0.3 is 0 Å².